The van der Waals surface area contributed by atoms with E-state index in [0.717, 1.165) is 19.3 Å². The fourth-order valence-electron chi connectivity index (χ4n) is 2.83. The van der Waals surface area contributed by atoms with Gasteiger partial charge in [-0.3, -0.25) is 4.79 Å². The molecule has 22 heavy (non-hydrogen) atoms. The smallest absolute Gasteiger partial charge is 0.220 e. The Morgan fingerprint density at radius 2 is 2.05 bits per heavy atom. The lowest BCUT2D eigenvalue weighted by molar-refractivity contribution is -0.175. The normalized spacial score (nSPS) is 37.4. The summed E-state index contributed by atoms with van der Waals surface area (Å²) in [7, 11) is 0. The number of carbonyl (C=O) groups excluding carboxylic acids is 1. The first-order chi connectivity index (χ1) is 10.3. The van der Waals surface area contributed by atoms with Crippen molar-refractivity contribution in [3.63, 3.8) is 0 Å². The average Bonchev–Trinajstić information content (AvgIpc) is 2.93. The van der Waals surface area contributed by atoms with Gasteiger partial charge in [0.1, 0.15) is 24.4 Å². The minimum atomic E-state index is -1.25. The second kappa shape index (κ2) is 7.23. The van der Waals surface area contributed by atoms with Gasteiger partial charge in [-0.2, -0.15) is 0 Å². The second-order valence-electron chi connectivity index (χ2n) is 6.40. The van der Waals surface area contributed by atoms with Gasteiger partial charge in [0.25, 0.3) is 0 Å². The van der Waals surface area contributed by atoms with Gasteiger partial charge in [-0.05, 0) is 20.3 Å². The molecule has 0 aromatic heterocycles. The topological polar surface area (TPSA) is 97.3 Å². The predicted molar refractivity (Wildman–Crippen MR) is 77.9 cm³/mol. The number of nitrogens with one attached hydrogen (secondary N) is 1. The number of ether oxygens (including phenoxy) is 3. The van der Waals surface area contributed by atoms with Crippen molar-refractivity contribution >= 4 is 5.91 Å². The summed E-state index contributed by atoms with van der Waals surface area (Å²) in [6.45, 7) is 5.89. The van der Waals surface area contributed by atoms with E-state index in [1.807, 2.05) is 0 Å². The first-order valence-corrected chi connectivity index (χ1v) is 7.97. The highest BCUT2D eigenvalue weighted by atomic mass is 16.8. The van der Waals surface area contributed by atoms with Crippen LogP contribution in [-0.4, -0.2) is 59.2 Å². The molecule has 2 saturated heterocycles. The summed E-state index contributed by atoms with van der Waals surface area (Å²) in [6.07, 6.45) is -0.300. The molecule has 5 atom stereocenters. The molecule has 2 heterocycles. The minimum Gasteiger partial charge on any atom is -0.388 e. The maximum atomic E-state index is 11.9. The maximum Gasteiger partial charge on any atom is 0.220 e. The van der Waals surface area contributed by atoms with E-state index in [9.17, 15) is 15.0 Å². The van der Waals surface area contributed by atoms with E-state index in [1.54, 1.807) is 13.8 Å². The molecule has 128 valence electrons. The Kier molecular flexibility index (Phi) is 5.79. The van der Waals surface area contributed by atoms with Crippen LogP contribution in [0.4, 0.5) is 0 Å². The Bertz CT molecular complexity index is 388. The van der Waals surface area contributed by atoms with Crippen LogP contribution in [0, 0.1) is 0 Å². The van der Waals surface area contributed by atoms with Gasteiger partial charge in [0.15, 0.2) is 12.1 Å². The van der Waals surface area contributed by atoms with Crippen molar-refractivity contribution in [1.29, 1.82) is 0 Å². The Balaban J connectivity index is 1.87. The molecule has 1 amide bonds. The minimum absolute atomic E-state index is 0.190. The number of hydrogen-bond donors (Lipinski definition) is 3. The molecule has 2 aliphatic heterocycles. The van der Waals surface area contributed by atoms with E-state index in [4.69, 9.17) is 14.2 Å². The fraction of sp³-hybridized carbons (Fsp3) is 0.933. The number of carbonyl (C=O) groups is 1. The van der Waals surface area contributed by atoms with Crippen LogP contribution in [0.1, 0.15) is 46.5 Å². The Morgan fingerprint density at radius 3 is 2.64 bits per heavy atom. The Labute approximate surface area is 130 Å². The lowest BCUT2D eigenvalue weighted by atomic mass is 10.0. The van der Waals surface area contributed by atoms with Crippen LogP contribution in [0.5, 0.6) is 0 Å². The van der Waals surface area contributed by atoms with Gasteiger partial charge in [-0.15, -0.1) is 0 Å². The number of hydrogen-bond acceptors (Lipinski definition) is 6. The number of unbranched alkanes of at least 4 members (excludes halogenated alkanes) is 2. The maximum absolute atomic E-state index is 11.9. The lowest BCUT2D eigenvalue weighted by Gasteiger charge is -2.23. The molecule has 7 heteroatoms. The number of aliphatic hydroxyl groups excluding tert-OH is 2. The highest BCUT2D eigenvalue weighted by Crippen LogP contribution is 2.31. The van der Waals surface area contributed by atoms with Crippen LogP contribution in [0.25, 0.3) is 0 Å². The number of rotatable bonds is 6. The summed E-state index contributed by atoms with van der Waals surface area (Å²) in [4.78, 5) is 11.9. The van der Waals surface area contributed by atoms with Crippen molar-refractivity contribution in [1.82, 2.24) is 5.32 Å². The van der Waals surface area contributed by atoms with E-state index in [2.05, 4.69) is 12.2 Å². The van der Waals surface area contributed by atoms with Crippen molar-refractivity contribution in [2.45, 2.75) is 82.9 Å². The summed E-state index contributed by atoms with van der Waals surface area (Å²) in [5, 5.41) is 22.9. The zero-order valence-electron chi connectivity index (χ0n) is 13.4. The first-order valence-electron chi connectivity index (χ1n) is 7.97. The fourth-order valence-corrected chi connectivity index (χ4v) is 2.83. The van der Waals surface area contributed by atoms with Crippen molar-refractivity contribution in [3.05, 3.63) is 0 Å². The highest BCUT2D eigenvalue weighted by Gasteiger charge is 2.50. The van der Waals surface area contributed by atoms with Crippen molar-refractivity contribution < 1.29 is 29.2 Å². The lowest BCUT2D eigenvalue weighted by Crippen LogP contribution is -2.49. The van der Waals surface area contributed by atoms with E-state index in [1.165, 1.54) is 0 Å². The Hall–Kier alpha value is -0.730. The summed E-state index contributed by atoms with van der Waals surface area (Å²) < 4.78 is 16.5. The van der Waals surface area contributed by atoms with Crippen molar-refractivity contribution in [2.24, 2.45) is 0 Å². The zero-order chi connectivity index (χ0) is 16.3. The molecule has 0 aliphatic carbocycles. The first kappa shape index (κ1) is 17.6. The van der Waals surface area contributed by atoms with E-state index in [-0.39, 0.29) is 12.5 Å². The van der Waals surface area contributed by atoms with Gasteiger partial charge in [-0.1, -0.05) is 19.8 Å². The van der Waals surface area contributed by atoms with Crippen LogP contribution >= 0.6 is 0 Å². The average molecular weight is 317 g/mol. The molecule has 0 spiro atoms. The quantitative estimate of drug-likeness (QED) is 0.609. The van der Waals surface area contributed by atoms with Crippen molar-refractivity contribution in [3.8, 4) is 0 Å². The third-order valence-corrected chi connectivity index (χ3v) is 4.04. The second-order valence-corrected chi connectivity index (χ2v) is 6.40. The molecule has 2 aliphatic rings. The molecule has 0 aromatic carbocycles. The van der Waals surface area contributed by atoms with Gasteiger partial charge in [-0.25, -0.2) is 0 Å². The van der Waals surface area contributed by atoms with Crippen molar-refractivity contribution in [2.75, 3.05) is 6.61 Å². The molecule has 0 aromatic rings. The molecule has 2 rings (SSSR count). The zero-order valence-corrected chi connectivity index (χ0v) is 13.4. The summed E-state index contributed by atoms with van der Waals surface area (Å²) in [5.74, 6) is -0.926. The van der Waals surface area contributed by atoms with Crippen LogP contribution in [0.15, 0.2) is 0 Å². The van der Waals surface area contributed by atoms with Gasteiger partial charge < -0.3 is 29.7 Å². The van der Waals surface area contributed by atoms with Crippen LogP contribution in [0.2, 0.25) is 0 Å². The SMILES string of the molecule is CCCCCC(=O)N[C@H]1C(O)O[C@H]([C@H]2COC(C)(C)O2)[C@@H]1O. The molecule has 3 N–H and O–H groups in total. The van der Waals surface area contributed by atoms with E-state index >= 15 is 0 Å². The van der Waals surface area contributed by atoms with Crippen LogP contribution < -0.4 is 5.32 Å². The van der Waals surface area contributed by atoms with Crippen LogP contribution in [-0.2, 0) is 19.0 Å². The molecular formula is C15H27NO6. The summed E-state index contributed by atoms with van der Waals surface area (Å²) >= 11 is 0. The molecule has 0 radical (unpaired) electrons. The van der Waals surface area contributed by atoms with Gasteiger partial charge >= 0.3 is 0 Å². The van der Waals surface area contributed by atoms with Gasteiger partial charge in [0.05, 0.1) is 6.61 Å². The van der Waals surface area contributed by atoms with Crippen LogP contribution in [0.3, 0.4) is 0 Å². The molecule has 0 saturated carbocycles. The standard InChI is InChI=1S/C15H27NO6/c1-4-5-6-7-10(17)16-11-12(18)13(21-14(11)19)9-8-20-15(2,3)22-9/h9,11-14,18-19H,4-8H2,1-3H3,(H,16,17)/t9-,11-,12-,13-,14?/m1/s1. The molecule has 0 bridgehead atoms. The number of aliphatic hydroxyl groups is 2. The predicted octanol–water partition coefficient (Wildman–Crippen LogP) is 0.281. The molecule has 1 unspecified atom stereocenters. The van der Waals surface area contributed by atoms with E-state index < -0.39 is 36.4 Å². The Morgan fingerprint density at radius 1 is 1.32 bits per heavy atom. The summed E-state index contributed by atoms with van der Waals surface area (Å²) in [6, 6.07) is -0.841. The van der Waals surface area contributed by atoms with E-state index in [0.29, 0.717) is 6.42 Å². The summed E-state index contributed by atoms with van der Waals surface area (Å²) in [5.41, 5.74) is 0. The van der Waals surface area contributed by atoms with Gasteiger partial charge in [0, 0.05) is 6.42 Å². The monoisotopic (exact) mass is 317 g/mol. The third kappa shape index (κ3) is 4.17. The molecule has 2 fully saturated rings. The molecule has 7 nitrogen and oxygen atoms in total. The van der Waals surface area contributed by atoms with Gasteiger partial charge in [0.2, 0.25) is 5.91 Å². The molecular weight excluding hydrogens is 290 g/mol. The largest absolute Gasteiger partial charge is 0.388 e. The third-order valence-electron chi connectivity index (χ3n) is 4.04. The highest BCUT2D eigenvalue weighted by molar-refractivity contribution is 5.76. The number of amides is 1.